The number of methoxy groups -OCH3 is 1. The normalized spacial score (nSPS) is 19.0. The number of amides is 1. The molecule has 2 aromatic heterocycles. The molecule has 26 heavy (non-hydrogen) atoms. The number of aromatic nitrogens is 2. The highest BCUT2D eigenvalue weighted by molar-refractivity contribution is 5.90. The quantitative estimate of drug-likeness (QED) is 0.753. The van der Waals surface area contributed by atoms with Gasteiger partial charge in [-0.15, -0.1) is 12.4 Å². The van der Waals surface area contributed by atoms with Crippen molar-refractivity contribution in [3.63, 3.8) is 0 Å². The van der Waals surface area contributed by atoms with Gasteiger partial charge in [-0.25, -0.2) is 4.79 Å². The zero-order chi connectivity index (χ0) is 18.0. The standard InChI is InChI=1S/C17H22N4O4.ClH/c1-10-13(17(23)24-3)4-12(25-10)6-19-16(22)15-8-18-7-14(15)11-5-20-21(2)9-11;/h4-5,9,14-15,18H,6-8H2,1-3H3,(H,19,22);1H/t14-,15+;/m1./s1. The highest BCUT2D eigenvalue weighted by Crippen LogP contribution is 2.28. The summed E-state index contributed by atoms with van der Waals surface area (Å²) in [5.74, 6) is 0.433. The molecule has 1 saturated heterocycles. The van der Waals surface area contributed by atoms with E-state index in [4.69, 9.17) is 9.15 Å². The fraction of sp³-hybridized carbons (Fsp3) is 0.471. The molecular formula is C17H23ClN4O4. The molecule has 0 unspecified atom stereocenters. The average molecular weight is 383 g/mol. The lowest BCUT2D eigenvalue weighted by Gasteiger charge is -2.16. The number of ether oxygens (including phenoxy) is 1. The first-order chi connectivity index (χ1) is 12.0. The maximum absolute atomic E-state index is 12.6. The molecule has 9 heteroatoms. The minimum atomic E-state index is -0.449. The van der Waals surface area contributed by atoms with Crippen LogP contribution in [0.4, 0.5) is 0 Å². The Morgan fingerprint density at radius 1 is 1.46 bits per heavy atom. The van der Waals surface area contributed by atoms with E-state index in [1.54, 1.807) is 23.9 Å². The number of carbonyl (C=O) groups excluding carboxylic acids is 2. The molecule has 0 aromatic carbocycles. The molecule has 2 N–H and O–H groups in total. The van der Waals surface area contributed by atoms with Crippen molar-refractivity contribution in [2.45, 2.75) is 19.4 Å². The van der Waals surface area contributed by atoms with Crippen molar-refractivity contribution < 1.29 is 18.7 Å². The molecule has 1 fully saturated rings. The fourth-order valence-electron chi connectivity index (χ4n) is 3.18. The second-order valence-electron chi connectivity index (χ2n) is 6.21. The fourth-order valence-corrected chi connectivity index (χ4v) is 3.18. The highest BCUT2D eigenvalue weighted by Gasteiger charge is 2.34. The first-order valence-electron chi connectivity index (χ1n) is 8.14. The van der Waals surface area contributed by atoms with Crippen molar-refractivity contribution >= 4 is 24.3 Å². The van der Waals surface area contributed by atoms with Gasteiger partial charge in [-0.2, -0.15) is 5.10 Å². The van der Waals surface area contributed by atoms with Crippen molar-refractivity contribution in [1.82, 2.24) is 20.4 Å². The summed E-state index contributed by atoms with van der Waals surface area (Å²) < 4.78 is 12.0. The van der Waals surface area contributed by atoms with Crippen LogP contribution >= 0.6 is 12.4 Å². The maximum Gasteiger partial charge on any atom is 0.341 e. The van der Waals surface area contributed by atoms with Crippen LogP contribution in [0.5, 0.6) is 0 Å². The van der Waals surface area contributed by atoms with Gasteiger partial charge in [0.25, 0.3) is 0 Å². The summed E-state index contributed by atoms with van der Waals surface area (Å²) in [6.07, 6.45) is 3.74. The Morgan fingerprint density at radius 3 is 2.88 bits per heavy atom. The number of nitrogens with zero attached hydrogens (tertiary/aromatic N) is 2. The number of nitrogens with one attached hydrogen (secondary N) is 2. The summed E-state index contributed by atoms with van der Waals surface area (Å²) in [6, 6.07) is 1.60. The Balaban J connectivity index is 0.00000243. The summed E-state index contributed by atoms with van der Waals surface area (Å²) in [5.41, 5.74) is 1.43. The van der Waals surface area contributed by atoms with E-state index in [0.29, 0.717) is 23.6 Å². The van der Waals surface area contributed by atoms with Crippen LogP contribution in [-0.2, 0) is 23.1 Å². The summed E-state index contributed by atoms with van der Waals surface area (Å²) >= 11 is 0. The van der Waals surface area contributed by atoms with Gasteiger partial charge in [0, 0.05) is 32.3 Å². The highest BCUT2D eigenvalue weighted by atomic mass is 35.5. The lowest BCUT2D eigenvalue weighted by atomic mass is 9.90. The van der Waals surface area contributed by atoms with E-state index in [-0.39, 0.29) is 36.7 Å². The first-order valence-corrected chi connectivity index (χ1v) is 8.14. The number of carbonyl (C=O) groups is 2. The molecule has 3 heterocycles. The molecule has 2 atom stereocenters. The van der Waals surface area contributed by atoms with Crippen molar-refractivity contribution in [1.29, 1.82) is 0 Å². The van der Waals surface area contributed by atoms with Crippen molar-refractivity contribution in [2.75, 3.05) is 20.2 Å². The third-order valence-electron chi connectivity index (χ3n) is 4.51. The molecule has 0 aliphatic carbocycles. The van der Waals surface area contributed by atoms with Crippen LogP contribution in [0.15, 0.2) is 22.9 Å². The van der Waals surface area contributed by atoms with E-state index < -0.39 is 5.97 Å². The molecule has 1 aliphatic heterocycles. The van der Waals surface area contributed by atoms with Crippen molar-refractivity contribution in [3.8, 4) is 0 Å². The third kappa shape index (κ3) is 4.08. The summed E-state index contributed by atoms with van der Waals surface area (Å²) in [5, 5.41) is 10.3. The van der Waals surface area contributed by atoms with Gasteiger partial charge in [0.05, 0.1) is 25.8 Å². The zero-order valence-corrected chi connectivity index (χ0v) is 15.8. The number of esters is 1. The van der Waals surface area contributed by atoms with Gasteiger partial charge in [0.1, 0.15) is 17.1 Å². The van der Waals surface area contributed by atoms with Crippen LogP contribution in [0.3, 0.4) is 0 Å². The van der Waals surface area contributed by atoms with Crippen LogP contribution in [0, 0.1) is 12.8 Å². The largest absolute Gasteiger partial charge is 0.465 e. The first kappa shape index (κ1) is 20.0. The topological polar surface area (TPSA) is 98.4 Å². The van der Waals surface area contributed by atoms with Crippen LogP contribution in [0.1, 0.15) is 33.4 Å². The number of rotatable bonds is 5. The summed E-state index contributed by atoms with van der Waals surface area (Å²) in [7, 11) is 3.18. The van der Waals surface area contributed by atoms with E-state index in [0.717, 1.165) is 12.1 Å². The summed E-state index contributed by atoms with van der Waals surface area (Å²) in [4.78, 5) is 24.2. The maximum atomic E-state index is 12.6. The van der Waals surface area contributed by atoms with E-state index in [1.165, 1.54) is 7.11 Å². The molecule has 0 bridgehead atoms. The lowest BCUT2D eigenvalue weighted by Crippen LogP contribution is -2.33. The van der Waals surface area contributed by atoms with E-state index >= 15 is 0 Å². The molecule has 142 valence electrons. The van der Waals surface area contributed by atoms with E-state index in [2.05, 4.69) is 15.7 Å². The van der Waals surface area contributed by atoms with Gasteiger partial charge in [-0.1, -0.05) is 0 Å². The second-order valence-corrected chi connectivity index (χ2v) is 6.21. The predicted molar refractivity (Wildman–Crippen MR) is 96.2 cm³/mol. The second kappa shape index (κ2) is 8.37. The van der Waals surface area contributed by atoms with Gasteiger partial charge in [-0.05, 0) is 18.6 Å². The van der Waals surface area contributed by atoms with Crippen LogP contribution < -0.4 is 10.6 Å². The number of hydrogen-bond acceptors (Lipinski definition) is 6. The van der Waals surface area contributed by atoms with Gasteiger partial charge < -0.3 is 19.8 Å². The minimum Gasteiger partial charge on any atom is -0.465 e. The van der Waals surface area contributed by atoms with Gasteiger partial charge in [0.2, 0.25) is 5.91 Å². The Morgan fingerprint density at radius 2 is 2.23 bits per heavy atom. The SMILES string of the molecule is COC(=O)c1cc(CNC(=O)[C@H]2CNC[C@@H]2c2cnn(C)c2)oc1C.Cl. The van der Waals surface area contributed by atoms with Gasteiger partial charge in [0.15, 0.2) is 0 Å². The van der Waals surface area contributed by atoms with Crippen LogP contribution in [-0.4, -0.2) is 41.9 Å². The van der Waals surface area contributed by atoms with Crippen molar-refractivity contribution in [3.05, 3.63) is 41.1 Å². The Hall–Kier alpha value is -2.32. The molecule has 0 radical (unpaired) electrons. The Kier molecular flexibility index (Phi) is 6.44. The van der Waals surface area contributed by atoms with Crippen molar-refractivity contribution in [2.24, 2.45) is 13.0 Å². The smallest absolute Gasteiger partial charge is 0.341 e. The molecule has 0 saturated carbocycles. The Bertz CT molecular complexity index is 786. The number of hydrogen-bond donors (Lipinski definition) is 2. The third-order valence-corrected chi connectivity index (χ3v) is 4.51. The van der Waals surface area contributed by atoms with E-state index in [1.807, 2.05) is 13.2 Å². The average Bonchev–Trinajstić information content (AvgIpc) is 3.31. The monoisotopic (exact) mass is 382 g/mol. The molecule has 8 nitrogen and oxygen atoms in total. The molecule has 2 aromatic rings. The number of halogens is 1. The van der Waals surface area contributed by atoms with Gasteiger partial charge in [-0.3, -0.25) is 9.48 Å². The van der Waals surface area contributed by atoms with E-state index in [9.17, 15) is 9.59 Å². The van der Waals surface area contributed by atoms with Crippen LogP contribution in [0.2, 0.25) is 0 Å². The van der Waals surface area contributed by atoms with Gasteiger partial charge >= 0.3 is 5.97 Å². The number of aryl methyl sites for hydroxylation is 2. The lowest BCUT2D eigenvalue weighted by molar-refractivity contribution is -0.125. The molecule has 3 rings (SSSR count). The zero-order valence-electron chi connectivity index (χ0n) is 14.9. The molecular weight excluding hydrogens is 360 g/mol. The summed E-state index contributed by atoms with van der Waals surface area (Å²) in [6.45, 7) is 3.29. The molecule has 1 amide bonds. The molecule has 0 spiro atoms. The minimum absolute atomic E-state index is 0. The van der Waals surface area contributed by atoms with Crippen LogP contribution in [0.25, 0.3) is 0 Å². The predicted octanol–water partition coefficient (Wildman–Crippen LogP) is 1.15. The molecule has 1 aliphatic rings. The number of furan rings is 1. The Labute approximate surface area is 157 Å².